The van der Waals surface area contributed by atoms with Crippen molar-refractivity contribution in [2.24, 2.45) is 0 Å². The van der Waals surface area contributed by atoms with E-state index in [0.717, 1.165) is 12.3 Å². The molecule has 10 heteroatoms. The predicted octanol–water partition coefficient (Wildman–Crippen LogP) is 5.06. The highest BCUT2D eigenvalue weighted by Crippen LogP contribution is 2.32. The second-order valence-electron chi connectivity index (χ2n) is 5.91. The topological polar surface area (TPSA) is 57.0 Å². The number of alkyl halides is 5. The molecule has 3 rings (SSSR count). The van der Waals surface area contributed by atoms with Crippen LogP contribution in [0, 0.1) is 0 Å². The molecule has 152 valence electrons. The van der Waals surface area contributed by atoms with Gasteiger partial charge in [-0.25, -0.2) is 0 Å². The summed E-state index contributed by atoms with van der Waals surface area (Å²) < 4.78 is 69.2. The molecular weight excluding hydrogens is 397 g/mol. The number of carbonyl (C=O) groups is 1. The number of rotatable bonds is 6. The van der Waals surface area contributed by atoms with E-state index in [4.69, 9.17) is 0 Å². The molecule has 0 aliphatic heterocycles. The molecule has 0 saturated heterocycles. The smallest absolute Gasteiger partial charge is 0.433 e. The van der Waals surface area contributed by atoms with Crippen LogP contribution in [0.5, 0.6) is 5.75 Å². The van der Waals surface area contributed by atoms with E-state index in [1.54, 1.807) is 17.7 Å². The molecule has 29 heavy (non-hydrogen) atoms. The molecule has 2 heterocycles. The first-order chi connectivity index (χ1) is 13.7. The third kappa shape index (κ3) is 4.41. The molecule has 3 aromatic rings. The molecule has 2 aromatic heterocycles. The number of aldehydes is 1. The van der Waals surface area contributed by atoms with Gasteiger partial charge in [0.2, 0.25) is 0 Å². The van der Waals surface area contributed by atoms with Gasteiger partial charge >= 0.3 is 12.8 Å². The first-order valence-corrected chi connectivity index (χ1v) is 8.38. The van der Waals surface area contributed by atoms with Gasteiger partial charge in [0.1, 0.15) is 11.4 Å². The lowest BCUT2D eigenvalue weighted by molar-refractivity contribution is -0.141. The van der Waals surface area contributed by atoms with Crippen LogP contribution in [0.25, 0.3) is 22.5 Å². The van der Waals surface area contributed by atoms with Crippen molar-refractivity contribution in [1.29, 1.82) is 0 Å². The molecule has 1 aromatic carbocycles. The summed E-state index contributed by atoms with van der Waals surface area (Å²) in [6.07, 6.45) is -3.06. The van der Waals surface area contributed by atoms with Crippen LogP contribution in [-0.4, -0.2) is 27.7 Å². The Morgan fingerprint density at radius 1 is 1.14 bits per heavy atom. The molecule has 0 radical (unpaired) electrons. The van der Waals surface area contributed by atoms with Gasteiger partial charge in [-0.15, -0.1) is 0 Å². The SMILES string of the molecule is CCn1nc(-c2ccc(C=O)c(OC(F)F)c2)cc1-c1ccc(C(F)(F)F)nc1. The first-order valence-electron chi connectivity index (χ1n) is 8.38. The molecule has 0 bridgehead atoms. The highest BCUT2D eigenvalue weighted by molar-refractivity contribution is 5.82. The van der Waals surface area contributed by atoms with E-state index >= 15 is 0 Å². The van der Waals surface area contributed by atoms with Crippen molar-refractivity contribution in [2.45, 2.75) is 26.3 Å². The monoisotopic (exact) mass is 411 g/mol. The standard InChI is InChI=1S/C19H14F5N3O2/c1-2-27-15(12-5-6-17(25-9-12)19(22,23)24)8-14(26-27)11-3-4-13(10-28)16(7-11)29-18(20)21/h3-10,18H,2H2,1H3. The number of hydrogen-bond donors (Lipinski definition) is 0. The predicted molar refractivity (Wildman–Crippen MR) is 93.6 cm³/mol. The van der Waals surface area contributed by atoms with Crippen LogP contribution >= 0.6 is 0 Å². The van der Waals surface area contributed by atoms with Gasteiger partial charge in [-0.05, 0) is 37.3 Å². The zero-order valence-electron chi connectivity index (χ0n) is 15.0. The van der Waals surface area contributed by atoms with Crippen LogP contribution in [0.1, 0.15) is 23.0 Å². The fourth-order valence-corrected chi connectivity index (χ4v) is 2.73. The molecule has 0 aliphatic rings. The average molecular weight is 411 g/mol. The van der Waals surface area contributed by atoms with Gasteiger partial charge in [0, 0.05) is 23.9 Å². The Hall–Kier alpha value is -3.30. The molecular formula is C19H14F5N3O2. The molecule has 5 nitrogen and oxygen atoms in total. The van der Waals surface area contributed by atoms with Crippen molar-refractivity contribution in [3.8, 4) is 28.3 Å². The average Bonchev–Trinajstić information content (AvgIpc) is 3.11. The number of nitrogens with zero attached hydrogens (tertiary/aromatic N) is 3. The fourth-order valence-electron chi connectivity index (χ4n) is 2.73. The van der Waals surface area contributed by atoms with Crippen molar-refractivity contribution in [3.63, 3.8) is 0 Å². The number of ether oxygens (including phenoxy) is 1. The van der Waals surface area contributed by atoms with E-state index in [9.17, 15) is 26.7 Å². The molecule has 0 fully saturated rings. The summed E-state index contributed by atoms with van der Waals surface area (Å²) >= 11 is 0. The lowest BCUT2D eigenvalue weighted by Crippen LogP contribution is -2.07. The van der Waals surface area contributed by atoms with Crippen molar-refractivity contribution in [1.82, 2.24) is 14.8 Å². The van der Waals surface area contributed by atoms with Crippen LogP contribution < -0.4 is 4.74 Å². The van der Waals surface area contributed by atoms with Crippen molar-refractivity contribution in [3.05, 3.63) is 53.9 Å². The number of pyridine rings is 1. The molecule has 0 spiro atoms. The molecule has 0 unspecified atom stereocenters. The minimum atomic E-state index is -4.55. The van der Waals surface area contributed by atoms with E-state index in [0.29, 0.717) is 35.3 Å². The number of benzene rings is 1. The number of aryl methyl sites for hydroxylation is 1. The molecule has 0 atom stereocenters. The Morgan fingerprint density at radius 2 is 1.86 bits per heavy atom. The third-order valence-electron chi connectivity index (χ3n) is 4.08. The summed E-state index contributed by atoms with van der Waals surface area (Å²) in [4.78, 5) is 14.5. The van der Waals surface area contributed by atoms with Crippen LogP contribution in [0.3, 0.4) is 0 Å². The summed E-state index contributed by atoms with van der Waals surface area (Å²) in [5.41, 5.74) is 0.628. The van der Waals surface area contributed by atoms with Gasteiger partial charge in [0.15, 0.2) is 6.29 Å². The van der Waals surface area contributed by atoms with Gasteiger partial charge in [0.25, 0.3) is 0 Å². The zero-order chi connectivity index (χ0) is 21.2. The second-order valence-corrected chi connectivity index (χ2v) is 5.91. The summed E-state index contributed by atoms with van der Waals surface area (Å²) in [5, 5.41) is 4.36. The van der Waals surface area contributed by atoms with Gasteiger partial charge < -0.3 is 4.74 Å². The number of carbonyl (C=O) groups excluding carboxylic acids is 1. The Kier molecular flexibility index (Phi) is 5.62. The third-order valence-corrected chi connectivity index (χ3v) is 4.08. The minimum Gasteiger partial charge on any atom is -0.434 e. The first kappa shape index (κ1) is 20.4. The Balaban J connectivity index is 2.01. The quantitative estimate of drug-likeness (QED) is 0.420. The van der Waals surface area contributed by atoms with Crippen LogP contribution in [0.2, 0.25) is 0 Å². The van der Waals surface area contributed by atoms with E-state index in [2.05, 4.69) is 14.8 Å². The fraction of sp³-hybridized carbons (Fsp3) is 0.211. The zero-order valence-corrected chi connectivity index (χ0v) is 15.0. The summed E-state index contributed by atoms with van der Waals surface area (Å²) in [5.74, 6) is -0.295. The Labute approximate surface area is 161 Å². The second kappa shape index (κ2) is 7.98. The van der Waals surface area contributed by atoms with Gasteiger partial charge in [-0.1, -0.05) is 6.07 Å². The Bertz CT molecular complexity index is 1010. The largest absolute Gasteiger partial charge is 0.434 e. The van der Waals surface area contributed by atoms with Crippen LogP contribution in [-0.2, 0) is 12.7 Å². The van der Waals surface area contributed by atoms with Gasteiger partial charge in [0.05, 0.1) is 17.0 Å². The van der Waals surface area contributed by atoms with Crippen LogP contribution in [0.15, 0.2) is 42.6 Å². The summed E-state index contributed by atoms with van der Waals surface area (Å²) in [7, 11) is 0. The lowest BCUT2D eigenvalue weighted by atomic mass is 10.1. The van der Waals surface area contributed by atoms with E-state index in [-0.39, 0.29) is 11.3 Å². The Morgan fingerprint density at radius 3 is 2.41 bits per heavy atom. The molecule has 0 aliphatic carbocycles. The number of halogens is 5. The maximum atomic E-state index is 12.7. The lowest BCUT2D eigenvalue weighted by Gasteiger charge is -2.08. The van der Waals surface area contributed by atoms with Gasteiger partial charge in [-0.2, -0.15) is 27.1 Å². The van der Waals surface area contributed by atoms with Crippen molar-refractivity contribution in [2.75, 3.05) is 0 Å². The number of hydrogen-bond acceptors (Lipinski definition) is 4. The van der Waals surface area contributed by atoms with Crippen LogP contribution in [0.4, 0.5) is 22.0 Å². The molecule has 0 saturated carbocycles. The van der Waals surface area contributed by atoms with Crippen molar-refractivity contribution < 1.29 is 31.5 Å². The van der Waals surface area contributed by atoms with Crippen molar-refractivity contribution >= 4 is 6.29 Å². The normalized spacial score (nSPS) is 11.7. The maximum Gasteiger partial charge on any atom is 0.433 e. The molecule has 0 amide bonds. The minimum absolute atomic E-state index is 0.0452. The van der Waals surface area contributed by atoms with E-state index in [1.807, 2.05) is 0 Å². The number of aromatic nitrogens is 3. The van der Waals surface area contributed by atoms with E-state index < -0.39 is 18.5 Å². The molecule has 0 N–H and O–H groups in total. The van der Waals surface area contributed by atoms with Gasteiger partial charge in [-0.3, -0.25) is 14.5 Å². The summed E-state index contributed by atoms with van der Waals surface area (Å²) in [6, 6.07) is 7.84. The maximum absolute atomic E-state index is 12.7. The highest BCUT2D eigenvalue weighted by Gasteiger charge is 2.32. The van der Waals surface area contributed by atoms with E-state index in [1.165, 1.54) is 24.3 Å². The summed E-state index contributed by atoms with van der Waals surface area (Å²) in [6.45, 7) is -0.909. The highest BCUT2D eigenvalue weighted by atomic mass is 19.4.